The van der Waals surface area contributed by atoms with Crippen molar-refractivity contribution < 1.29 is 27.2 Å². The van der Waals surface area contributed by atoms with Crippen molar-refractivity contribution in [3.63, 3.8) is 0 Å². The van der Waals surface area contributed by atoms with E-state index in [2.05, 4.69) is 17.6 Å². The van der Waals surface area contributed by atoms with E-state index in [0.717, 1.165) is 18.4 Å². The molecule has 0 fully saturated rings. The number of hydrogen-bond donors (Lipinski definition) is 3. The number of ether oxygens (including phenoxy) is 1. The zero-order valence-corrected chi connectivity index (χ0v) is 27.0. The maximum Gasteiger partial charge on any atom is 0.429 e. The van der Waals surface area contributed by atoms with Gasteiger partial charge in [-0.2, -0.15) is 0 Å². The van der Waals surface area contributed by atoms with E-state index >= 15 is 0 Å². The van der Waals surface area contributed by atoms with Crippen LogP contribution in [0.5, 0.6) is 5.95 Å². The number of urea groups is 1. The minimum atomic E-state index is -4.32. The van der Waals surface area contributed by atoms with E-state index < -0.39 is 16.1 Å². The van der Waals surface area contributed by atoms with Gasteiger partial charge in [0.2, 0.25) is 0 Å². The second kappa shape index (κ2) is 14.3. The Labute approximate surface area is 271 Å². The average molecular weight is 658 g/mol. The Hall–Kier alpha value is -5.43. The van der Waals surface area contributed by atoms with Gasteiger partial charge in [0.25, 0.3) is 21.5 Å². The van der Waals surface area contributed by atoms with Gasteiger partial charge in [-0.15, -0.1) is 0 Å². The van der Waals surface area contributed by atoms with Crippen molar-refractivity contribution in [3.05, 3.63) is 106 Å². The standard InChI is InChI=1S/C34H35N5O7S/c1-4-6-11-30-37-28-17-16-25(36-33(41)35-5-2)20-27(28)31(40)39(30)21-23-12-14-24(15-13-23)26-9-7-8-10-29(26)47(43,44)38-34(42)46-32-22(3)18-19-45-32/h7-10,12-20H,4-6,11,21H2,1-3H3,(H,38,42)(H2,35,36,41). The summed E-state index contributed by atoms with van der Waals surface area (Å²) in [5.41, 5.74) is 3.08. The summed E-state index contributed by atoms with van der Waals surface area (Å²) < 4.78 is 40.1. The maximum atomic E-state index is 13.8. The van der Waals surface area contributed by atoms with E-state index in [-0.39, 0.29) is 29.0 Å². The predicted molar refractivity (Wildman–Crippen MR) is 178 cm³/mol. The molecular weight excluding hydrogens is 622 g/mol. The first-order chi connectivity index (χ1) is 22.6. The molecule has 0 unspecified atom stereocenters. The highest BCUT2D eigenvalue weighted by Gasteiger charge is 2.24. The molecule has 0 radical (unpaired) electrons. The molecule has 47 heavy (non-hydrogen) atoms. The SMILES string of the molecule is CCCCc1nc2ccc(NC(=O)NCC)cc2c(=O)n1Cc1ccc(-c2ccccc2S(=O)(=O)NC(=O)Oc2occc2C)cc1. The number of anilines is 1. The first-order valence-corrected chi connectivity index (χ1v) is 16.6. The molecule has 5 aromatic rings. The molecule has 3 N–H and O–H groups in total. The third kappa shape index (κ3) is 7.69. The fraction of sp³-hybridized carbons (Fsp3) is 0.235. The van der Waals surface area contributed by atoms with Crippen LogP contribution < -0.4 is 25.7 Å². The molecule has 0 spiro atoms. The summed E-state index contributed by atoms with van der Waals surface area (Å²) >= 11 is 0. The number of rotatable bonds is 11. The molecule has 0 saturated carbocycles. The molecule has 0 aliphatic rings. The number of nitrogens with zero attached hydrogens (tertiary/aromatic N) is 2. The van der Waals surface area contributed by atoms with Crippen molar-refractivity contribution >= 4 is 38.7 Å². The van der Waals surface area contributed by atoms with Crippen molar-refractivity contribution in [2.24, 2.45) is 0 Å². The van der Waals surface area contributed by atoms with Crippen LogP contribution in [0, 0.1) is 6.92 Å². The fourth-order valence-electron chi connectivity index (χ4n) is 5.01. The number of sulfonamides is 1. The Morgan fingerprint density at radius 3 is 2.47 bits per heavy atom. The zero-order valence-electron chi connectivity index (χ0n) is 26.2. The van der Waals surface area contributed by atoms with Crippen LogP contribution in [0.2, 0.25) is 0 Å². The van der Waals surface area contributed by atoms with Crippen LogP contribution in [0.15, 0.2) is 93.2 Å². The number of hydrogen-bond acceptors (Lipinski definition) is 8. The van der Waals surface area contributed by atoms with Gasteiger partial charge in [0.1, 0.15) is 5.82 Å². The van der Waals surface area contributed by atoms with E-state index in [1.807, 2.05) is 23.8 Å². The number of benzene rings is 3. The second-order valence-electron chi connectivity index (χ2n) is 10.8. The van der Waals surface area contributed by atoms with Crippen molar-refractivity contribution in [1.29, 1.82) is 0 Å². The number of fused-ring (bicyclic) bond motifs is 1. The maximum absolute atomic E-state index is 13.8. The molecule has 0 atom stereocenters. The topological polar surface area (TPSA) is 162 Å². The highest BCUT2D eigenvalue weighted by molar-refractivity contribution is 7.90. The van der Waals surface area contributed by atoms with Gasteiger partial charge in [-0.3, -0.25) is 9.36 Å². The quantitative estimate of drug-likeness (QED) is 0.156. The molecule has 0 aliphatic heterocycles. The van der Waals surface area contributed by atoms with Crippen LogP contribution in [-0.4, -0.2) is 36.6 Å². The Morgan fingerprint density at radius 1 is 1.00 bits per heavy atom. The van der Waals surface area contributed by atoms with E-state index in [4.69, 9.17) is 14.1 Å². The minimum Gasteiger partial charge on any atom is -0.434 e. The second-order valence-corrected chi connectivity index (χ2v) is 12.5. The lowest BCUT2D eigenvalue weighted by atomic mass is 10.0. The summed E-state index contributed by atoms with van der Waals surface area (Å²) in [6, 6.07) is 19.7. The number of carbonyl (C=O) groups is 2. The lowest BCUT2D eigenvalue weighted by Crippen LogP contribution is -2.33. The van der Waals surface area contributed by atoms with Crippen LogP contribution >= 0.6 is 0 Å². The number of aryl methyl sites for hydroxylation is 2. The van der Waals surface area contributed by atoms with E-state index in [0.29, 0.717) is 52.1 Å². The summed E-state index contributed by atoms with van der Waals surface area (Å²) in [5, 5.41) is 5.78. The number of furan rings is 1. The van der Waals surface area contributed by atoms with Gasteiger partial charge in [0, 0.05) is 29.8 Å². The molecule has 3 aromatic carbocycles. The first kappa shape index (κ1) is 32.9. The number of nitrogens with one attached hydrogen (secondary N) is 3. The normalized spacial score (nSPS) is 11.3. The van der Waals surface area contributed by atoms with Gasteiger partial charge in [-0.1, -0.05) is 55.8 Å². The summed E-state index contributed by atoms with van der Waals surface area (Å²) in [4.78, 5) is 42.9. The third-order valence-electron chi connectivity index (χ3n) is 7.38. The first-order valence-electron chi connectivity index (χ1n) is 15.1. The number of amides is 3. The Morgan fingerprint density at radius 2 is 1.77 bits per heavy atom. The lowest BCUT2D eigenvalue weighted by molar-refractivity contribution is 0.193. The largest absolute Gasteiger partial charge is 0.434 e. The molecule has 2 aromatic heterocycles. The molecule has 0 bridgehead atoms. The molecule has 13 heteroatoms. The fourth-order valence-corrected chi connectivity index (χ4v) is 6.12. The van der Waals surface area contributed by atoms with Crippen molar-refractivity contribution in [1.82, 2.24) is 19.6 Å². The predicted octanol–water partition coefficient (Wildman–Crippen LogP) is 5.97. The van der Waals surface area contributed by atoms with Gasteiger partial charge in [-0.25, -0.2) is 27.7 Å². The number of unbranched alkanes of at least 4 members (excludes halogenated alkanes) is 1. The van der Waals surface area contributed by atoms with Gasteiger partial charge < -0.3 is 19.8 Å². The molecule has 0 saturated heterocycles. The molecule has 12 nitrogen and oxygen atoms in total. The Bertz CT molecular complexity index is 2090. The van der Waals surface area contributed by atoms with Crippen LogP contribution in [0.1, 0.15) is 43.6 Å². The van der Waals surface area contributed by atoms with Crippen molar-refractivity contribution in [3.8, 4) is 17.1 Å². The van der Waals surface area contributed by atoms with Crippen LogP contribution in [0.3, 0.4) is 0 Å². The summed E-state index contributed by atoms with van der Waals surface area (Å²) in [7, 11) is -4.32. The monoisotopic (exact) mass is 657 g/mol. The molecule has 5 rings (SSSR count). The molecule has 2 heterocycles. The van der Waals surface area contributed by atoms with Gasteiger partial charge >= 0.3 is 12.1 Å². The number of aromatic nitrogens is 2. The molecule has 3 amide bonds. The zero-order chi connectivity index (χ0) is 33.6. The highest BCUT2D eigenvalue weighted by atomic mass is 32.2. The summed E-state index contributed by atoms with van der Waals surface area (Å²) in [6.07, 6.45) is 2.51. The van der Waals surface area contributed by atoms with Crippen LogP contribution in [-0.2, 0) is 23.0 Å². The number of carbonyl (C=O) groups excluding carboxylic acids is 2. The summed E-state index contributed by atoms with van der Waals surface area (Å²) in [6.45, 7) is 6.23. The Balaban J connectivity index is 1.42. The smallest absolute Gasteiger partial charge is 0.429 e. The molecule has 244 valence electrons. The Kier molecular flexibility index (Phi) is 10.0. The van der Waals surface area contributed by atoms with Crippen molar-refractivity contribution in [2.45, 2.75) is 51.5 Å². The van der Waals surface area contributed by atoms with Gasteiger partial charge in [-0.05, 0) is 61.7 Å². The van der Waals surface area contributed by atoms with Gasteiger partial charge in [0.15, 0.2) is 0 Å². The van der Waals surface area contributed by atoms with Gasteiger partial charge in [0.05, 0.1) is 28.6 Å². The van der Waals surface area contributed by atoms with Crippen LogP contribution in [0.4, 0.5) is 15.3 Å². The van der Waals surface area contributed by atoms with Crippen LogP contribution in [0.25, 0.3) is 22.0 Å². The third-order valence-corrected chi connectivity index (χ3v) is 8.75. The summed E-state index contributed by atoms with van der Waals surface area (Å²) in [5.74, 6) is 0.550. The molecular formula is C34H35N5O7S. The van der Waals surface area contributed by atoms with E-state index in [9.17, 15) is 22.8 Å². The van der Waals surface area contributed by atoms with E-state index in [1.165, 1.54) is 12.3 Å². The van der Waals surface area contributed by atoms with Crippen molar-refractivity contribution in [2.75, 3.05) is 11.9 Å². The minimum absolute atomic E-state index is 0.100. The van der Waals surface area contributed by atoms with E-state index in [1.54, 1.807) is 66.1 Å². The highest BCUT2D eigenvalue weighted by Crippen LogP contribution is 2.28. The molecule has 0 aliphatic carbocycles. The average Bonchev–Trinajstić information content (AvgIpc) is 3.45. The lowest BCUT2D eigenvalue weighted by Gasteiger charge is -2.15.